The van der Waals surface area contributed by atoms with Crippen LogP contribution in [0, 0.1) is 6.92 Å². The smallest absolute Gasteiger partial charge is 0.256 e. The van der Waals surface area contributed by atoms with Crippen LogP contribution in [0.5, 0.6) is 0 Å². The number of amides is 1. The lowest BCUT2D eigenvalue weighted by Gasteiger charge is -2.05. The molecule has 3 N–H and O–H groups in total. The molecule has 16 heavy (non-hydrogen) atoms. The molecule has 6 heteroatoms. The Balaban J connectivity index is 0.00000225. The molecule has 1 heterocycles. The summed E-state index contributed by atoms with van der Waals surface area (Å²) in [7, 11) is 0. The first-order valence-electron chi connectivity index (χ1n) is 5.02. The largest absolute Gasteiger partial charge is 0.360 e. The van der Waals surface area contributed by atoms with Crippen LogP contribution in [0.3, 0.4) is 0 Å². The monoisotopic (exact) mass is 247 g/mol. The molecule has 5 nitrogen and oxygen atoms in total. The lowest BCUT2D eigenvalue weighted by atomic mass is 10.0. The summed E-state index contributed by atoms with van der Waals surface area (Å²) in [5.74, 6) is 0.606. The minimum Gasteiger partial charge on any atom is -0.360 e. The van der Waals surface area contributed by atoms with Crippen LogP contribution in [0.25, 0.3) is 0 Å². The van der Waals surface area contributed by atoms with Crippen LogP contribution in [0.2, 0.25) is 0 Å². The van der Waals surface area contributed by atoms with E-state index < -0.39 is 0 Å². The van der Waals surface area contributed by atoms with Gasteiger partial charge in [0.25, 0.3) is 5.91 Å². The Morgan fingerprint density at radius 2 is 2.19 bits per heavy atom. The molecule has 1 aromatic rings. The highest BCUT2D eigenvalue weighted by atomic mass is 35.5. The van der Waals surface area contributed by atoms with E-state index in [1.807, 2.05) is 13.8 Å². The normalized spacial score (nSPS) is 10.1. The molecule has 0 saturated carbocycles. The highest BCUT2D eigenvalue weighted by Crippen LogP contribution is 2.21. The third-order valence-corrected chi connectivity index (χ3v) is 2.07. The molecule has 0 aliphatic carbocycles. The molecule has 0 aliphatic heterocycles. The Kier molecular flexibility index (Phi) is 6.06. The number of hydrogen-bond donors (Lipinski definition) is 2. The van der Waals surface area contributed by atoms with E-state index in [4.69, 9.17) is 10.3 Å². The van der Waals surface area contributed by atoms with Gasteiger partial charge in [-0.3, -0.25) is 4.79 Å². The molecule has 0 fully saturated rings. The second kappa shape index (κ2) is 6.50. The Hall–Kier alpha value is -1.07. The zero-order valence-electron chi connectivity index (χ0n) is 9.74. The summed E-state index contributed by atoms with van der Waals surface area (Å²) in [4.78, 5) is 11.7. The molecule has 0 spiro atoms. The molecule has 0 atom stereocenters. The number of rotatable bonds is 4. The van der Waals surface area contributed by atoms with E-state index >= 15 is 0 Å². The maximum Gasteiger partial charge on any atom is 0.256 e. The predicted octanol–water partition coefficient (Wildman–Crippen LogP) is 1.22. The average molecular weight is 248 g/mol. The Morgan fingerprint density at radius 1 is 1.56 bits per heavy atom. The minimum absolute atomic E-state index is 0. The number of aromatic nitrogens is 1. The first-order valence-corrected chi connectivity index (χ1v) is 5.02. The quantitative estimate of drug-likeness (QED) is 0.838. The fourth-order valence-electron chi connectivity index (χ4n) is 1.33. The van der Waals surface area contributed by atoms with E-state index in [1.165, 1.54) is 0 Å². The zero-order chi connectivity index (χ0) is 11.4. The van der Waals surface area contributed by atoms with Crippen molar-refractivity contribution in [2.24, 2.45) is 5.73 Å². The molecule has 1 aromatic heterocycles. The van der Waals surface area contributed by atoms with Crippen molar-refractivity contribution in [2.45, 2.75) is 26.7 Å². The summed E-state index contributed by atoms with van der Waals surface area (Å²) >= 11 is 0. The van der Waals surface area contributed by atoms with Gasteiger partial charge in [-0.2, -0.15) is 0 Å². The molecule has 0 saturated heterocycles. The van der Waals surface area contributed by atoms with Crippen molar-refractivity contribution in [1.82, 2.24) is 10.5 Å². The fourth-order valence-corrected chi connectivity index (χ4v) is 1.33. The zero-order valence-corrected chi connectivity index (χ0v) is 10.6. The highest BCUT2D eigenvalue weighted by Gasteiger charge is 2.21. The molecular weight excluding hydrogens is 230 g/mol. The van der Waals surface area contributed by atoms with Gasteiger partial charge in [-0.25, -0.2) is 0 Å². The summed E-state index contributed by atoms with van der Waals surface area (Å²) < 4.78 is 5.12. The molecule has 0 bridgehead atoms. The SMILES string of the molecule is Cc1noc(C(C)C)c1C(=O)NCCN.Cl. The van der Waals surface area contributed by atoms with Gasteiger partial charge in [-0.05, 0) is 6.92 Å². The molecule has 0 unspecified atom stereocenters. The van der Waals surface area contributed by atoms with Crippen LogP contribution in [0.4, 0.5) is 0 Å². The number of nitrogens with one attached hydrogen (secondary N) is 1. The number of hydrogen-bond acceptors (Lipinski definition) is 4. The topological polar surface area (TPSA) is 81.2 Å². The van der Waals surface area contributed by atoms with Gasteiger partial charge in [0.05, 0.1) is 5.69 Å². The van der Waals surface area contributed by atoms with Crippen molar-refractivity contribution in [2.75, 3.05) is 13.1 Å². The number of nitrogens with zero attached hydrogens (tertiary/aromatic N) is 1. The van der Waals surface area contributed by atoms with Gasteiger partial charge in [-0.1, -0.05) is 19.0 Å². The van der Waals surface area contributed by atoms with Crippen LogP contribution in [-0.4, -0.2) is 24.2 Å². The van der Waals surface area contributed by atoms with Crippen molar-refractivity contribution in [3.05, 3.63) is 17.0 Å². The Labute approximate surface area is 101 Å². The van der Waals surface area contributed by atoms with E-state index in [9.17, 15) is 4.79 Å². The molecule has 0 radical (unpaired) electrons. The molecular formula is C10H18ClN3O2. The van der Waals surface area contributed by atoms with Crippen molar-refractivity contribution < 1.29 is 9.32 Å². The number of halogens is 1. The number of aryl methyl sites for hydroxylation is 1. The second-order valence-corrected chi connectivity index (χ2v) is 3.71. The maximum absolute atomic E-state index is 11.7. The summed E-state index contributed by atoms with van der Waals surface area (Å²) in [5.41, 5.74) is 6.47. The lowest BCUT2D eigenvalue weighted by Crippen LogP contribution is -2.29. The number of nitrogens with two attached hydrogens (primary N) is 1. The van der Waals surface area contributed by atoms with Crippen LogP contribution in [0.1, 0.15) is 41.6 Å². The molecule has 92 valence electrons. The van der Waals surface area contributed by atoms with Crippen LogP contribution in [0.15, 0.2) is 4.52 Å². The fraction of sp³-hybridized carbons (Fsp3) is 0.600. The van der Waals surface area contributed by atoms with E-state index in [0.29, 0.717) is 30.1 Å². The van der Waals surface area contributed by atoms with Gasteiger partial charge in [-0.15, -0.1) is 12.4 Å². The lowest BCUT2D eigenvalue weighted by molar-refractivity contribution is 0.0951. The van der Waals surface area contributed by atoms with E-state index in [0.717, 1.165) is 0 Å². The van der Waals surface area contributed by atoms with Gasteiger partial charge in [0.2, 0.25) is 0 Å². The highest BCUT2D eigenvalue weighted by molar-refractivity contribution is 5.96. The molecule has 0 aliphatic rings. The number of carbonyl (C=O) groups is 1. The van der Waals surface area contributed by atoms with E-state index in [2.05, 4.69) is 10.5 Å². The Bertz CT molecular complexity index is 350. The van der Waals surface area contributed by atoms with Crippen molar-refractivity contribution in [3.63, 3.8) is 0 Å². The summed E-state index contributed by atoms with van der Waals surface area (Å²) in [6.45, 7) is 6.56. The van der Waals surface area contributed by atoms with Gasteiger partial charge in [0.1, 0.15) is 5.56 Å². The van der Waals surface area contributed by atoms with Gasteiger partial charge in [0, 0.05) is 19.0 Å². The average Bonchev–Trinajstić information content (AvgIpc) is 2.56. The van der Waals surface area contributed by atoms with E-state index in [-0.39, 0.29) is 24.2 Å². The Morgan fingerprint density at radius 3 is 2.69 bits per heavy atom. The third kappa shape index (κ3) is 3.21. The van der Waals surface area contributed by atoms with Crippen LogP contribution in [-0.2, 0) is 0 Å². The predicted molar refractivity (Wildman–Crippen MR) is 64.0 cm³/mol. The van der Waals surface area contributed by atoms with E-state index in [1.54, 1.807) is 6.92 Å². The van der Waals surface area contributed by atoms with Gasteiger partial charge < -0.3 is 15.6 Å². The van der Waals surface area contributed by atoms with Crippen molar-refractivity contribution in [3.8, 4) is 0 Å². The molecule has 0 aromatic carbocycles. The first-order chi connectivity index (χ1) is 7.07. The standard InChI is InChI=1S/C10H17N3O2.ClH/c1-6(2)9-8(7(3)13-15-9)10(14)12-5-4-11;/h6H,4-5,11H2,1-3H3,(H,12,14);1H. The maximum atomic E-state index is 11.7. The summed E-state index contributed by atoms with van der Waals surface area (Å²) in [5, 5.41) is 6.51. The van der Waals surface area contributed by atoms with Gasteiger partial charge in [0.15, 0.2) is 5.76 Å². The van der Waals surface area contributed by atoms with Gasteiger partial charge >= 0.3 is 0 Å². The first kappa shape index (κ1) is 14.9. The second-order valence-electron chi connectivity index (χ2n) is 3.71. The third-order valence-electron chi connectivity index (χ3n) is 2.07. The van der Waals surface area contributed by atoms with Crippen LogP contribution < -0.4 is 11.1 Å². The minimum atomic E-state index is -0.164. The summed E-state index contributed by atoms with van der Waals surface area (Å²) in [6.07, 6.45) is 0. The van der Waals surface area contributed by atoms with Crippen molar-refractivity contribution >= 4 is 18.3 Å². The summed E-state index contributed by atoms with van der Waals surface area (Å²) in [6, 6.07) is 0. The molecule has 1 amide bonds. The number of carbonyl (C=O) groups excluding carboxylic acids is 1. The van der Waals surface area contributed by atoms with Crippen molar-refractivity contribution in [1.29, 1.82) is 0 Å². The van der Waals surface area contributed by atoms with Crippen LogP contribution >= 0.6 is 12.4 Å². The molecule has 1 rings (SSSR count).